The van der Waals surface area contributed by atoms with Crippen LogP contribution in [-0.4, -0.2) is 29.9 Å². The van der Waals surface area contributed by atoms with E-state index in [4.69, 9.17) is 14.6 Å². The van der Waals surface area contributed by atoms with Gasteiger partial charge in [-0.3, -0.25) is 0 Å². The van der Waals surface area contributed by atoms with Gasteiger partial charge in [0, 0.05) is 0 Å². The molecule has 0 saturated carbocycles. The number of aryl methyl sites for hydroxylation is 2. The van der Waals surface area contributed by atoms with Crippen molar-refractivity contribution >= 4 is 5.97 Å². The van der Waals surface area contributed by atoms with Crippen LogP contribution in [0.5, 0.6) is 17.2 Å². The number of aromatic hydroxyl groups is 1. The topological polar surface area (TPSA) is 76.0 Å². The van der Waals surface area contributed by atoms with Crippen LogP contribution in [0.3, 0.4) is 0 Å². The summed E-state index contributed by atoms with van der Waals surface area (Å²) in [6.07, 6.45) is 2.64. The number of hydrogen-bond donors (Lipinski definition) is 2. The highest BCUT2D eigenvalue weighted by atomic mass is 16.5. The molecule has 0 aliphatic heterocycles. The number of carboxylic acids is 1. The summed E-state index contributed by atoms with van der Waals surface area (Å²) in [6.45, 7) is -0.337. The van der Waals surface area contributed by atoms with Crippen LogP contribution in [-0.2, 0) is 17.6 Å². The predicted molar refractivity (Wildman–Crippen MR) is 86.3 cm³/mol. The molecule has 0 saturated heterocycles. The van der Waals surface area contributed by atoms with Gasteiger partial charge in [-0.2, -0.15) is 0 Å². The first kappa shape index (κ1) is 16.7. The largest absolute Gasteiger partial charge is 0.504 e. The van der Waals surface area contributed by atoms with Crippen molar-refractivity contribution in [3.8, 4) is 17.2 Å². The van der Waals surface area contributed by atoms with Gasteiger partial charge in [-0.05, 0) is 54.7 Å². The second kappa shape index (κ2) is 8.08. The number of carbonyl (C=O) groups is 1. The van der Waals surface area contributed by atoms with Gasteiger partial charge in [0.2, 0.25) is 0 Å². The molecule has 0 amide bonds. The van der Waals surface area contributed by atoms with E-state index >= 15 is 0 Å². The third-order valence-electron chi connectivity index (χ3n) is 3.44. The third kappa shape index (κ3) is 5.21. The number of ether oxygens (including phenoxy) is 2. The van der Waals surface area contributed by atoms with E-state index in [0.29, 0.717) is 11.5 Å². The average molecular weight is 316 g/mol. The molecule has 0 atom stereocenters. The second-order valence-electron chi connectivity index (χ2n) is 5.19. The number of aliphatic carboxylic acids is 1. The summed E-state index contributed by atoms with van der Waals surface area (Å²) < 4.78 is 10.3. The Hall–Kier alpha value is -2.69. The molecule has 0 spiro atoms. The highest BCUT2D eigenvalue weighted by Crippen LogP contribution is 2.27. The zero-order valence-corrected chi connectivity index (χ0v) is 13.0. The molecule has 5 nitrogen and oxygen atoms in total. The highest BCUT2D eigenvalue weighted by Gasteiger charge is 2.04. The van der Waals surface area contributed by atoms with Gasteiger partial charge in [0.05, 0.1) is 7.11 Å². The number of hydrogen-bond acceptors (Lipinski definition) is 4. The van der Waals surface area contributed by atoms with Crippen LogP contribution in [0.1, 0.15) is 17.5 Å². The van der Waals surface area contributed by atoms with E-state index in [-0.39, 0.29) is 12.4 Å². The molecule has 2 N–H and O–H groups in total. The maximum atomic E-state index is 10.5. The van der Waals surface area contributed by atoms with Crippen LogP contribution in [0.15, 0.2) is 42.5 Å². The summed E-state index contributed by atoms with van der Waals surface area (Å²) in [5.74, 6) is 0.194. The molecule has 5 heteroatoms. The smallest absolute Gasteiger partial charge is 0.341 e. The van der Waals surface area contributed by atoms with Crippen molar-refractivity contribution in [2.45, 2.75) is 19.3 Å². The third-order valence-corrected chi connectivity index (χ3v) is 3.44. The van der Waals surface area contributed by atoms with Gasteiger partial charge in [-0.15, -0.1) is 0 Å². The Morgan fingerprint density at radius 2 is 1.83 bits per heavy atom. The Bertz CT molecular complexity index is 666. The van der Waals surface area contributed by atoms with E-state index in [1.54, 1.807) is 12.1 Å². The summed E-state index contributed by atoms with van der Waals surface area (Å²) in [5, 5.41) is 18.2. The lowest BCUT2D eigenvalue weighted by atomic mass is 10.0. The Balaban J connectivity index is 1.88. The van der Waals surface area contributed by atoms with Crippen LogP contribution >= 0.6 is 0 Å². The van der Waals surface area contributed by atoms with Crippen LogP contribution in [0, 0.1) is 0 Å². The standard InChI is InChI=1S/C18H20O5/c1-22-17-11-14(8-9-16(17)19)5-2-4-13-6-3-7-15(10-13)23-12-18(20)21/h3,6-11,19H,2,4-5,12H2,1H3,(H,20,21). The quantitative estimate of drug-likeness (QED) is 0.783. The Morgan fingerprint density at radius 1 is 1.09 bits per heavy atom. The Labute approximate surface area is 135 Å². The second-order valence-corrected chi connectivity index (χ2v) is 5.19. The maximum Gasteiger partial charge on any atom is 0.341 e. The van der Waals surface area contributed by atoms with Gasteiger partial charge in [0.1, 0.15) is 5.75 Å². The molecule has 0 aromatic heterocycles. The molecular weight excluding hydrogens is 296 g/mol. The lowest BCUT2D eigenvalue weighted by Gasteiger charge is -2.08. The van der Waals surface area contributed by atoms with E-state index in [1.807, 2.05) is 30.3 Å². The first-order valence-corrected chi connectivity index (χ1v) is 7.38. The molecule has 0 radical (unpaired) electrons. The number of methoxy groups -OCH3 is 1. The van der Waals surface area contributed by atoms with E-state index in [0.717, 1.165) is 30.4 Å². The minimum Gasteiger partial charge on any atom is -0.504 e. The normalized spacial score (nSPS) is 10.3. The zero-order chi connectivity index (χ0) is 16.7. The summed E-state index contributed by atoms with van der Waals surface area (Å²) in [7, 11) is 1.53. The number of phenolic OH excluding ortho intramolecular Hbond substituents is 1. The molecule has 0 aliphatic carbocycles. The van der Waals surface area contributed by atoms with Crippen molar-refractivity contribution in [3.05, 3.63) is 53.6 Å². The van der Waals surface area contributed by atoms with Crippen molar-refractivity contribution in [1.29, 1.82) is 0 Å². The summed E-state index contributed by atoms with van der Waals surface area (Å²) in [4.78, 5) is 10.5. The van der Waals surface area contributed by atoms with E-state index < -0.39 is 5.97 Å². The van der Waals surface area contributed by atoms with E-state index in [9.17, 15) is 9.90 Å². The molecule has 0 heterocycles. The lowest BCUT2D eigenvalue weighted by molar-refractivity contribution is -0.139. The predicted octanol–water partition coefficient (Wildman–Crippen LogP) is 3.04. The van der Waals surface area contributed by atoms with Gasteiger partial charge in [-0.25, -0.2) is 4.79 Å². The fourth-order valence-corrected chi connectivity index (χ4v) is 2.31. The van der Waals surface area contributed by atoms with Crippen LogP contribution in [0.2, 0.25) is 0 Å². The zero-order valence-electron chi connectivity index (χ0n) is 13.0. The number of phenols is 1. The van der Waals surface area contributed by atoms with Gasteiger partial charge in [0.15, 0.2) is 18.1 Å². The van der Waals surface area contributed by atoms with Gasteiger partial charge < -0.3 is 19.7 Å². The van der Waals surface area contributed by atoms with E-state index in [2.05, 4.69) is 0 Å². The minimum atomic E-state index is -0.989. The molecule has 23 heavy (non-hydrogen) atoms. The monoisotopic (exact) mass is 316 g/mol. The molecule has 0 aliphatic rings. The number of rotatable bonds is 8. The number of carboxylic acid groups (broad SMARTS) is 1. The first-order chi connectivity index (χ1) is 11.1. The number of benzene rings is 2. The molecule has 0 unspecified atom stereocenters. The van der Waals surface area contributed by atoms with Crippen molar-refractivity contribution in [3.63, 3.8) is 0 Å². The van der Waals surface area contributed by atoms with Gasteiger partial charge >= 0.3 is 5.97 Å². The van der Waals surface area contributed by atoms with Crippen LogP contribution in [0.25, 0.3) is 0 Å². The highest BCUT2D eigenvalue weighted by molar-refractivity contribution is 5.68. The van der Waals surface area contributed by atoms with Crippen molar-refractivity contribution in [2.75, 3.05) is 13.7 Å². The SMILES string of the molecule is COc1cc(CCCc2cccc(OCC(=O)O)c2)ccc1O. The van der Waals surface area contributed by atoms with Crippen molar-refractivity contribution in [1.82, 2.24) is 0 Å². The Morgan fingerprint density at radius 3 is 2.52 bits per heavy atom. The van der Waals surface area contributed by atoms with Crippen molar-refractivity contribution in [2.24, 2.45) is 0 Å². The minimum absolute atomic E-state index is 0.138. The Kier molecular flexibility index (Phi) is 5.86. The van der Waals surface area contributed by atoms with Crippen LogP contribution < -0.4 is 9.47 Å². The molecule has 0 fully saturated rings. The molecular formula is C18H20O5. The fraction of sp³-hybridized carbons (Fsp3) is 0.278. The first-order valence-electron chi connectivity index (χ1n) is 7.38. The summed E-state index contributed by atoms with van der Waals surface area (Å²) >= 11 is 0. The lowest BCUT2D eigenvalue weighted by Crippen LogP contribution is -2.09. The maximum absolute atomic E-state index is 10.5. The van der Waals surface area contributed by atoms with Gasteiger partial charge in [0.25, 0.3) is 0 Å². The van der Waals surface area contributed by atoms with Crippen LogP contribution in [0.4, 0.5) is 0 Å². The summed E-state index contributed by atoms with van der Waals surface area (Å²) in [6, 6.07) is 12.8. The van der Waals surface area contributed by atoms with Crippen molar-refractivity contribution < 1.29 is 24.5 Å². The molecule has 2 rings (SSSR count). The summed E-state index contributed by atoms with van der Waals surface area (Å²) in [5.41, 5.74) is 2.19. The average Bonchev–Trinajstić information content (AvgIpc) is 2.55. The molecule has 2 aromatic carbocycles. The van der Waals surface area contributed by atoms with Gasteiger partial charge in [-0.1, -0.05) is 18.2 Å². The molecule has 0 bridgehead atoms. The van der Waals surface area contributed by atoms with E-state index in [1.165, 1.54) is 7.11 Å². The molecule has 122 valence electrons. The fourth-order valence-electron chi connectivity index (χ4n) is 2.31. The molecule has 2 aromatic rings.